The molecule has 3 aromatic rings. The third-order valence-corrected chi connectivity index (χ3v) is 9.37. The number of benzene rings is 1. The fraction of sp³-hybridized carbons (Fsp3) is 0.214. The van der Waals surface area contributed by atoms with E-state index < -0.39 is 24.9 Å². The van der Waals surface area contributed by atoms with Gasteiger partial charge in [0.1, 0.15) is 8.42 Å². The monoisotopic (exact) mass is 370 g/mol. The molecule has 0 atom stereocenters. The molecule has 122 valence electrons. The lowest BCUT2D eigenvalue weighted by Crippen LogP contribution is -2.12. The molecule has 2 aromatic heterocycles. The molecule has 0 aliphatic heterocycles. The van der Waals surface area contributed by atoms with E-state index in [1.165, 1.54) is 12.1 Å². The van der Waals surface area contributed by atoms with Gasteiger partial charge in [0.05, 0.1) is 10.8 Å². The number of aromatic nitrogens is 2. The number of para-hydroxylation sites is 1. The molecule has 9 heteroatoms. The van der Waals surface area contributed by atoms with Crippen LogP contribution in [0.2, 0.25) is 0 Å². The van der Waals surface area contributed by atoms with Crippen molar-refractivity contribution in [1.82, 2.24) is 10.2 Å². The molecule has 0 unspecified atom stereocenters. The largest absolute Gasteiger partial charge is 0.276 e. The number of aromatic amines is 1. The predicted octanol–water partition coefficient (Wildman–Crippen LogP) is 2.64. The molecule has 1 N–H and O–H groups in total. The minimum absolute atomic E-state index is 0.0334. The van der Waals surface area contributed by atoms with Gasteiger partial charge in [0.2, 0.25) is 9.84 Å². The molecule has 0 amide bonds. The SMILES string of the molecule is CC(C)S(=O)(=O)c1ccc(S(=O)(=O)c2n[nH]c3ccccc23)s1. The van der Waals surface area contributed by atoms with Gasteiger partial charge in [-0.1, -0.05) is 12.1 Å². The molecule has 1 aromatic carbocycles. The summed E-state index contributed by atoms with van der Waals surface area (Å²) in [5, 5.41) is 6.35. The van der Waals surface area contributed by atoms with Crippen molar-refractivity contribution >= 4 is 41.9 Å². The van der Waals surface area contributed by atoms with E-state index in [0.29, 0.717) is 10.9 Å². The highest BCUT2D eigenvalue weighted by molar-refractivity contribution is 7.96. The number of fused-ring (bicyclic) bond motifs is 1. The van der Waals surface area contributed by atoms with E-state index in [1.807, 2.05) is 0 Å². The number of nitrogens with one attached hydrogen (secondary N) is 1. The Kier molecular flexibility index (Phi) is 3.81. The van der Waals surface area contributed by atoms with Crippen LogP contribution >= 0.6 is 11.3 Å². The summed E-state index contributed by atoms with van der Waals surface area (Å²) in [6, 6.07) is 9.53. The number of sulfone groups is 2. The van der Waals surface area contributed by atoms with Gasteiger partial charge in [-0.2, -0.15) is 5.10 Å². The van der Waals surface area contributed by atoms with Gasteiger partial charge >= 0.3 is 0 Å². The van der Waals surface area contributed by atoms with Gasteiger partial charge in [-0.25, -0.2) is 16.8 Å². The Morgan fingerprint density at radius 2 is 1.65 bits per heavy atom. The molecule has 0 saturated heterocycles. The van der Waals surface area contributed by atoms with Crippen LogP contribution in [0.1, 0.15) is 13.8 Å². The lowest BCUT2D eigenvalue weighted by molar-refractivity contribution is 0.589. The third kappa shape index (κ3) is 2.58. The Balaban J connectivity index is 2.13. The second-order valence-corrected chi connectivity index (χ2v) is 11.2. The molecule has 0 bridgehead atoms. The maximum absolute atomic E-state index is 12.8. The van der Waals surface area contributed by atoms with E-state index in [-0.39, 0.29) is 13.4 Å². The summed E-state index contributed by atoms with van der Waals surface area (Å²) in [5.41, 5.74) is 0.609. The van der Waals surface area contributed by atoms with E-state index in [9.17, 15) is 16.8 Å². The second kappa shape index (κ2) is 5.43. The van der Waals surface area contributed by atoms with Crippen LogP contribution in [0.15, 0.2) is 49.8 Å². The molecule has 0 spiro atoms. The van der Waals surface area contributed by atoms with E-state index in [1.54, 1.807) is 38.1 Å². The first-order valence-electron chi connectivity index (χ1n) is 6.76. The first-order valence-corrected chi connectivity index (χ1v) is 10.6. The summed E-state index contributed by atoms with van der Waals surface area (Å²) >= 11 is 0.752. The zero-order valence-corrected chi connectivity index (χ0v) is 14.8. The highest BCUT2D eigenvalue weighted by Gasteiger charge is 2.28. The molecule has 6 nitrogen and oxygen atoms in total. The molecule has 0 saturated carbocycles. The Morgan fingerprint density at radius 3 is 2.35 bits per heavy atom. The first kappa shape index (κ1) is 16.2. The molecule has 0 radical (unpaired) electrons. The van der Waals surface area contributed by atoms with E-state index in [0.717, 1.165) is 11.3 Å². The van der Waals surface area contributed by atoms with Crippen LogP contribution < -0.4 is 0 Å². The van der Waals surface area contributed by atoms with Crippen LogP contribution in [0.25, 0.3) is 10.9 Å². The minimum Gasteiger partial charge on any atom is -0.276 e. The zero-order chi connectivity index (χ0) is 16.8. The number of hydrogen-bond donors (Lipinski definition) is 1. The van der Waals surface area contributed by atoms with Crippen molar-refractivity contribution in [3.63, 3.8) is 0 Å². The number of thiophene rings is 1. The van der Waals surface area contributed by atoms with Crippen molar-refractivity contribution in [3.8, 4) is 0 Å². The van der Waals surface area contributed by atoms with E-state index >= 15 is 0 Å². The Morgan fingerprint density at radius 1 is 1.00 bits per heavy atom. The summed E-state index contributed by atoms with van der Waals surface area (Å²) in [6.45, 7) is 3.12. The average molecular weight is 370 g/mol. The molecule has 23 heavy (non-hydrogen) atoms. The van der Waals surface area contributed by atoms with E-state index in [2.05, 4.69) is 10.2 Å². The third-order valence-electron chi connectivity index (χ3n) is 3.41. The second-order valence-electron chi connectivity index (χ2n) is 5.25. The normalized spacial score (nSPS) is 13.0. The predicted molar refractivity (Wildman–Crippen MR) is 88.2 cm³/mol. The van der Waals surface area contributed by atoms with Crippen LogP contribution in [-0.2, 0) is 19.7 Å². The van der Waals surface area contributed by atoms with Crippen molar-refractivity contribution in [2.24, 2.45) is 0 Å². The topological polar surface area (TPSA) is 97.0 Å². The molecule has 3 rings (SSSR count). The zero-order valence-electron chi connectivity index (χ0n) is 12.3. The van der Waals surface area contributed by atoms with Crippen LogP contribution in [0.4, 0.5) is 0 Å². The molecule has 0 fully saturated rings. The van der Waals surface area contributed by atoms with Crippen molar-refractivity contribution in [1.29, 1.82) is 0 Å². The summed E-state index contributed by atoms with van der Waals surface area (Å²) in [7, 11) is -7.38. The summed E-state index contributed by atoms with van der Waals surface area (Å²) in [5.74, 6) is 0. The fourth-order valence-corrected chi connectivity index (χ4v) is 6.75. The Bertz CT molecular complexity index is 1080. The van der Waals surface area contributed by atoms with Crippen molar-refractivity contribution in [2.45, 2.75) is 32.5 Å². The maximum Gasteiger partial charge on any atom is 0.235 e. The smallest absolute Gasteiger partial charge is 0.235 e. The van der Waals surface area contributed by atoms with Crippen LogP contribution in [0.3, 0.4) is 0 Å². The van der Waals surface area contributed by atoms with Gasteiger partial charge in [0.15, 0.2) is 14.9 Å². The van der Waals surface area contributed by atoms with Crippen LogP contribution in [-0.4, -0.2) is 32.3 Å². The molecular formula is C14H14N2O4S3. The lowest BCUT2D eigenvalue weighted by Gasteiger charge is -2.03. The number of hydrogen-bond acceptors (Lipinski definition) is 6. The maximum atomic E-state index is 12.8. The highest BCUT2D eigenvalue weighted by atomic mass is 32.3. The van der Waals surface area contributed by atoms with Gasteiger partial charge < -0.3 is 0 Å². The van der Waals surface area contributed by atoms with Crippen LogP contribution in [0, 0.1) is 0 Å². The fourth-order valence-electron chi connectivity index (χ4n) is 2.07. The lowest BCUT2D eigenvalue weighted by atomic mass is 10.3. The molecule has 2 heterocycles. The quantitative estimate of drug-likeness (QED) is 0.761. The van der Waals surface area contributed by atoms with Crippen molar-refractivity contribution in [2.75, 3.05) is 0 Å². The number of rotatable bonds is 4. The highest BCUT2D eigenvalue weighted by Crippen LogP contribution is 2.33. The number of nitrogens with zero attached hydrogens (tertiary/aromatic N) is 1. The first-order chi connectivity index (χ1) is 10.7. The van der Waals surface area contributed by atoms with Crippen LogP contribution in [0.5, 0.6) is 0 Å². The molecule has 0 aliphatic carbocycles. The van der Waals surface area contributed by atoms with Crippen molar-refractivity contribution in [3.05, 3.63) is 36.4 Å². The van der Waals surface area contributed by atoms with Gasteiger partial charge in [0.25, 0.3) is 0 Å². The van der Waals surface area contributed by atoms with E-state index in [4.69, 9.17) is 0 Å². The molecular weight excluding hydrogens is 356 g/mol. The average Bonchev–Trinajstić information content (AvgIpc) is 3.15. The summed E-state index contributed by atoms with van der Waals surface area (Å²) in [6.07, 6.45) is 0. The number of H-pyrrole nitrogens is 1. The Labute approximate surface area is 138 Å². The minimum atomic E-state index is -3.88. The van der Waals surface area contributed by atoms with Gasteiger partial charge in [-0.15, -0.1) is 11.3 Å². The molecule has 0 aliphatic rings. The summed E-state index contributed by atoms with van der Waals surface area (Å²) < 4.78 is 49.8. The van der Waals surface area contributed by atoms with Gasteiger partial charge in [-0.05, 0) is 38.1 Å². The standard InChI is InChI=1S/C14H14N2O4S3/c1-9(2)22(17,18)12-7-8-13(21-12)23(19,20)14-10-5-3-4-6-11(10)15-16-14/h3-9H,1-2H3,(H,15,16). The summed E-state index contributed by atoms with van der Waals surface area (Å²) in [4.78, 5) is 0. The van der Waals surface area contributed by atoms with Gasteiger partial charge in [0, 0.05) is 5.39 Å². The van der Waals surface area contributed by atoms with Gasteiger partial charge in [-0.3, -0.25) is 5.10 Å². The Hall–Kier alpha value is -1.71. The van der Waals surface area contributed by atoms with Crippen molar-refractivity contribution < 1.29 is 16.8 Å².